The molecule has 0 aromatic carbocycles. The smallest absolute Gasteiger partial charge is 0.264 e. The first-order valence-corrected chi connectivity index (χ1v) is 3.84. The molecule has 64 valence electrons. The second-order valence-corrected chi connectivity index (χ2v) is 2.74. The summed E-state index contributed by atoms with van der Waals surface area (Å²) in [6, 6.07) is 1.55. The number of allylic oxidation sites excluding steroid dienone is 2. The summed E-state index contributed by atoms with van der Waals surface area (Å²) in [6.45, 7) is 5.79. The van der Waals surface area contributed by atoms with E-state index in [1.54, 1.807) is 6.07 Å². The fourth-order valence-corrected chi connectivity index (χ4v) is 1.03. The molecule has 0 aliphatic rings. The van der Waals surface area contributed by atoms with Gasteiger partial charge in [0.05, 0.1) is 5.69 Å². The lowest BCUT2D eigenvalue weighted by Crippen LogP contribution is -2.09. The Morgan fingerprint density at radius 1 is 1.67 bits per heavy atom. The van der Waals surface area contributed by atoms with E-state index in [4.69, 9.17) is 0 Å². The van der Waals surface area contributed by atoms with Crippen molar-refractivity contribution in [2.75, 3.05) is 0 Å². The van der Waals surface area contributed by atoms with E-state index in [1.165, 1.54) is 0 Å². The third-order valence-corrected chi connectivity index (χ3v) is 1.81. The van der Waals surface area contributed by atoms with Gasteiger partial charge in [0.25, 0.3) is 5.56 Å². The van der Waals surface area contributed by atoms with Crippen LogP contribution in [0.4, 0.5) is 0 Å². The molecule has 3 heteroatoms. The Balaban J connectivity index is 3.28. The van der Waals surface area contributed by atoms with E-state index in [-0.39, 0.29) is 5.56 Å². The summed E-state index contributed by atoms with van der Waals surface area (Å²) >= 11 is 0. The molecule has 0 bridgehead atoms. The fraction of sp³-hybridized carbons (Fsp3) is 0.333. The van der Waals surface area contributed by atoms with Crippen LogP contribution in [-0.2, 0) is 0 Å². The second-order valence-electron chi connectivity index (χ2n) is 2.74. The standard InChI is InChI=1S/C9H12N2O/c1-4-6(2)9-7(3)5-8(12)10-11-9/h4-5H,1-3H3,(H,10,12)/b6-4+. The molecule has 0 saturated heterocycles. The maximum Gasteiger partial charge on any atom is 0.264 e. The van der Waals surface area contributed by atoms with E-state index < -0.39 is 0 Å². The van der Waals surface area contributed by atoms with Crippen LogP contribution in [0.5, 0.6) is 0 Å². The highest BCUT2D eigenvalue weighted by atomic mass is 16.1. The molecule has 0 aliphatic heterocycles. The van der Waals surface area contributed by atoms with Gasteiger partial charge in [-0.25, -0.2) is 5.10 Å². The summed E-state index contributed by atoms with van der Waals surface area (Å²) in [7, 11) is 0. The number of nitrogens with one attached hydrogen (secondary N) is 1. The molecule has 0 aliphatic carbocycles. The molecular weight excluding hydrogens is 152 g/mol. The molecule has 0 unspecified atom stereocenters. The van der Waals surface area contributed by atoms with Gasteiger partial charge >= 0.3 is 0 Å². The Bertz CT molecular complexity index is 363. The molecule has 1 N–H and O–H groups in total. The minimum Gasteiger partial charge on any atom is -0.268 e. The summed E-state index contributed by atoms with van der Waals surface area (Å²) in [4.78, 5) is 10.8. The summed E-state index contributed by atoms with van der Waals surface area (Å²) in [5.74, 6) is 0. The number of aromatic amines is 1. The number of H-pyrrole nitrogens is 1. The lowest BCUT2D eigenvalue weighted by atomic mass is 10.1. The zero-order valence-electron chi connectivity index (χ0n) is 7.51. The topological polar surface area (TPSA) is 45.8 Å². The molecule has 3 nitrogen and oxygen atoms in total. The summed E-state index contributed by atoms with van der Waals surface area (Å²) in [5.41, 5.74) is 2.69. The lowest BCUT2D eigenvalue weighted by Gasteiger charge is -2.01. The molecule has 1 rings (SSSR count). The highest BCUT2D eigenvalue weighted by Crippen LogP contribution is 2.11. The molecule has 0 atom stereocenters. The monoisotopic (exact) mass is 164 g/mol. The van der Waals surface area contributed by atoms with E-state index in [0.717, 1.165) is 16.8 Å². The van der Waals surface area contributed by atoms with Gasteiger partial charge in [-0.3, -0.25) is 4.79 Å². The van der Waals surface area contributed by atoms with Gasteiger partial charge < -0.3 is 0 Å². The van der Waals surface area contributed by atoms with Gasteiger partial charge in [-0.05, 0) is 31.9 Å². The number of nitrogens with zero attached hydrogens (tertiary/aromatic N) is 1. The molecule has 1 aromatic rings. The van der Waals surface area contributed by atoms with E-state index in [2.05, 4.69) is 10.2 Å². The summed E-state index contributed by atoms with van der Waals surface area (Å²) in [5, 5.41) is 6.35. The number of rotatable bonds is 1. The van der Waals surface area contributed by atoms with Crippen LogP contribution < -0.4 is 5.56 Å². The van der Waals surface area contributed by atoms with Gasteiger partial charge in [-0.15, -0.1) is 0 Å². The fourth-order valence-electron chi connectivity index (χ4n) is 1.03. The largest absolute Gasteiger partial charge is 0.268 e. The number of hydrogen-bond donors (Lipinski definition) is 1. The zero-order valence-corrected chi connectivity index (χ0v) is 7.51. The van der Waals surface area contributed by atoms with Crippen molar-refractivity contribution in [2.24, 2.45) is 0 Å². The van der Waals surface area contributed by atoms with Crippen molar-refractivity contribution in [3.05, 3.63) is 33.8 Å². The second kappa shape index (κ2) is 3.34. The van der Waals surface area contributed by atoms with Crippen molar-refractivity contribution < 1.29 is 0 Å². The van der Waals surface area contributed by atoms with E-state index >= 15 is 0 Å². The van der Waals surface area contributed by atoms with Crippen LogP contribution >= 0.6 is 0 Å². The third-order valence-electron chi connectivity index (χ3n) is 1.81. The first-order valence-electron chi connectivity index (χ1n) is 3.84. The van der Waals surface area contributed by atoms with Crippen LogP contribution in [0.15, 0.2) is 16.9 Å². The van der Waals surface area contributed by atoms with Crippen LogP contribution in [0.2, 0.25) is 0 Å². The minimum atomic E-state index is -0.153. The zero-order chi connectivity index (χ0) is 9.14. The number of aryl methyl sites for hydroxylation is 1. The first-order chi connectivity index (χ1) is 5.65. The molecular formula is C9H12N2O. The van der Waals surface area contributed by atoms with Crippen LogP contribution in [0, 0.1) is 6.92 Å². The van der Waals surface area contributed by atoms with Crippen LogP contribution in [0.3, 0.4) is 0 Å². The van der Waals surface area contributed by atoms with Crippen molar-refractivity contribution in [1.82, 2.24) is 10.2 Å². The molecule has 0 saturated carbocycles. The molecule has 12 heavy (non-hydrogen) atoms. The maximum absolute atomic E-state index is 10.8. The molecule has 1 aromatic heterocycles. The van der Waals surface area contributed by atoms with Gasteiger partial charge in [0.2, 0.25) is 0 Å². The van der Waals surface area contributed by atoms with Crippen LogP contribution in [-0.4, -0.2) is 10.2 Å². The third kappa shape index (κ3) is 1.61. The van der Waals surface area contributed by atoms with Crippen molar-refractivity contribution in [3.63, 3.8) is 0 Å². The van der Waals surface area contributed by atoms with Crippen molar-refractivity contribution in [2.45, 2.75) is 20.8 Å². The maximum atomic E-state index is 10.8. The summed E-state index contributed by atoms with van der Waals surface area (Å²) < 4.78 is 0. The average molecular weight is 164 g/mol. The average Bonchev–Trinajstić information content (AvgIpc) is 2.03. The molecule has 0 spiro atoms. The van der Waals surface area contributed by atoms with E-state index in [0.29, 0.717) is 0 Å². The number of hydrogen-bond acceptors (Lipinski definition) is 2. The van der Waals surface area contributed by atoms with Crippen molar-refractivity contribution >= 4 is 5.57 Å². The van der Waals surface area contributed by atoms with Gasteiger partial charge in [0, 0.05) is 6.07 Å². The summed E-state index contributed by atoms with van der Waals surface area (Å²) in [6.07, 6.45) is 1.97. The lowest BCUT2D eigenvalue weighted by molar-refractivity contribution is 0.953. The minimum absolute atomic E-state index is 0.153. The van der Waals surface area contributed by atoms with E-state index in [1.807, 2.05) is 26.8 Å². The first kappa shape index (κ1) is 8.71. The molecule has 0 fully saturated rings. The Kier molecular flexibility index (Phi) is 2.43. The number of aromatic nitrogens is 2. The van der Waals surface area contributed by atoms with Crippen molar-refractivity contribution in [3.8, 4) is 0 Å². The quantitative estimate of drug-likeness (QED) is 0.683. The van der Waals surface area contributed by atoms with Crippen LogP contribution in [0.25, 0.3) is 5.57 Å². The molecule has 1 heterocycles. The van der Waals surface area contributed by atoms with Gasteiger partial charge in [-0.2, -0.15) is 5.10 Å². The normalized spacial score (nSPS) is 11.8. The highest BCUT2D eigenvalue weighted by Gasteiger charge is 2.01. The van der Waals surface area contributed by atoms with Crippen LogP contribution in [0.1, 0.15) is 25.1 Å². The van der Waals surface area contributed by atoms with Gasteiger partial charge in [0.15, 0.2) is 0 Å². The Morgan fingerprint density at radius 3 is 2.83 bits per heavy atom. The molecule has 0 radical (unpaired) electrons. The van der Waals surface area contributed by atoms with Gasteiger partial charge in [-0.1, -0.05) is 6.08 Å². The predicted molar refractivity (Wildman–Crippen MR) is 48.9 cm³/mol. The van der Waals surface area contributed by atoms with Crippen molar-refractivity contribution in [1.29, 1.82) is 0 Å². The molecule has 0 amide bonds. The Morgan fingerprint density at radius 2 is 2.33 bits per heavy atom. The predicted octanol–water partition coefficient (Wildman–Crippen LogP) is 1.50. The van der Waals surface area contributed by atoms with Gasteiger partial charge in [0.1, 0.15) is 0 Å². The SMILES string of the molecule is C/C=C(\C)c1n[nH]c(=O)cc1C. The van der Waals surface area contributed by atoms with E-state index in [9.17, 15) is 4.79 Å². The Labute approximate surface area is 71.1 Å². The highest BCUT2D eigenvalue weighted by molar-refractivity contribution is 5.61. The Hall–Kier alpha value is -1.38.